The highest BCUT2D eigenvalue weighted by atomic mass is 35.5. The van der Waals surface area contributed by atoms with Gasteiger partial charge in [-0.05, 0) is 57.2 Å². The molecule has 0 radical (unpaired) electrons. The van der Waals surface area contributed by atoms with Crippen molar-refractivity contribution in [2.45, 2.75) is 25.3 Å². The zero-order valence-electron chi connectivity index (χ0n) is 14.2. The Kier molecular flexibility index (Phi) is 5.11. The lowest BCUT2D eigenvalue weighted by atomic mass is 10.0. The van der Waals surface area contributed by atoms with Crippen LogP contribution in [0.2, 0.25) is 5.02 Å². The average molecular weight is 350 g/mol. The first kappa shape index (κ1) is 17.2. The van der Waals surface area contributed by atoms with Crippen LogP contribution < -0.4 is 4.90 Å². The molecule has 0 bridgehead atoms. The molecule has 2 aliphatic heterocycles. The Morgan fingerprint density at radius 3 is 2.46 bits per heavy atom. The van der Waals surface area contributed by atoms with E-state index in [9.17, 15) is 9.59 Å². The van der Waals surface area contributed by atoms with Gasteiger partial charge in [-0.25, -0.2) is 0 Å². The predicted molar refractivity (Wildman–Crippen MR) is 95.2 cm³/mol. The van der Waals surface area contributed by atoms with Crippen LogP contribution in [-0.2, 0) is 9.59 Å². The Hall–Kier alpha value is -1.59. The second-order valence-electron chi connectivity index (χ2n) is 6.87. The monoisotopic (exact) mass is 349 g/mol. The number of rotatable bonds is 3. The lowest BCUT2D eigenvalue weighted by molar-refractivity contribution is -0.137. The quantitative estimate of drug-likeness (QED) is 0.840. The summed E-state index contributed by atoms with van der Waals surface area (Å²) >= 11 is 5.90. The number of halogens is 1. The fourth-order valence-corrected chi connectivity index (χ4v) is 3.72. The van der Waals surface area contributed by atoms with Gasteiger partial charge in [0.2, 0.25) is 11.8 Å². The SMILES string of the molecule is CN1CCC(N(C)C(=O)[C@@H]2CC(=O)N(c3ccc(Cl)cc3)C2)CC1. The Morgan fingerprint density at radius 2 is 1.83 bits per heavy atom. The summed E-state index contributed by atoms with van der Waals surface area (Å²) in [7, 11) is 3.99. The van der Waals surface area contributed by atoms with Gasteiger partial charge in [-0.1, -0.05) is 11.6 Å². The van der Waals surface area contributed by atoms with Crippen LogP contribution in [0.25, 0.3) is 0 Å². The number of carbonyl (C=O) groups excluding carboxylic acids is 2. The lowest BCUT2D eigenvalue weighted by Crippen LogP contribution is -2.46. The molecule has 0 aliphatic carbocycles. The molecular formula is C18H24ClN3O2. The molecule has 3 rings (SSSR count). The second-order valence-corrected chi connectivity index (χ2v) is 7.30. The standard InChI is InChI=1S/C18H24ClN3O2/c1-20-9-7-15(8-10-20)21(2)18(24)13-11-17(23)22(12-13)16-5-3-14(19)4-6-16/h3-6,13,15H,7-12H2,1-2H3/t13-/m1/s1. The van der Waals surface area contributed by atoms with E-state index in [4.69, 9.17) is 11.6 Å². The van der Waals surface area contributed by atoms with Gasteiger partial charge in [0, 0.05) is 36.8 Å². The maximum atomic E-state index is 12.8. The van der Waals surface area contributed by atoms with Crippen LogP contribution in [0.15, 0.2) is 24.3 Å². The molecule has 1 atom stereocenters. The maximum absolute atomic E-state index is 12.8. The Bertz CT molecular complexity index is 611. The smallest absolute Gasteiger partial charge is 0.228 e. The zero-order valence-corrected chi connectivity index (χ0v) is 15.0. The van der Waals surface area contributed by atoms with Crippen molar-refractivity contribution in [1.29, 1.82) is 0 Å². The highest BCUT2D eigenvalue weighted by molar-refractivity contribution is 6.30. The van der Waals surface area contributed by atoms with Gasteiger partial charge in [-0.3, -0.25) is 9.59 Å². The van der Waals surface area contributed by atoms with Gasteiger partial charge in [0.15, 0.2) is 0 Å². The molecule has 5 nitrogen and oxygen atoms in total. The molecule has 0 unspecified atom stereocenters. The zero-order chi connectivity index (χ0) is 17.3. The van der Waals surface area contributed by atoms with Crippen molar-refractivity contribution in [2.75, 3.05) is 38.6 Å². The van der Waals surface area contributed by atoms with Gasteiger partial charge in [0.1, 0.15) is 0 Å². The van der Waals surface area contributed by atoms with Gasteiger partial charge in [0.05, 0.1) is 5.92 Å². The number of carbonyl (C=O) groups is 2. The third-order valence-corrected chi connectivity index (χ3v) is 5.45. The number of piperidine rings is 1. The summed E-state index contributed by atoms with van der Waals surface area (Å²) < 4.78 is 0. The normalized spacial score (nSPS) is 22.9. The van der Waals surface area contributed by atoms with Crippen LogP contribution in [0.1, 0.15) is 19.3 Å². The molecule has 2 heterocycles. The van der Waals surface area contributed by atoms with Crippen molar-refractivity contribution in [3.8, 4) is 0 Å². The molecule has 2 saturated heterocycles. The number of nitrogens with zero attached hydrogens (tertiary/aromatic N) is 3. The van der Waals surface area contributed by atoms with E-state index < -0.39 is 0 Å². The number of benzene rings is 1. The topological polar surface area (TPSA) is 43.9 Å². The Balaban J connectivity index is 1.64. The largest absolute Gasteiger partial charge is 0.342 e. The first-order valence-electron chi connectivity index (χ1n) is 8.47. The first-order valence-corrected chi connectivity index (χ1v) is 8.84. The summed E-state index contributed by atoms with van der Waals surface area (Å²) in [6, 6.07) is 7.48. The van der Waals surface area contributed by atoms with E-state index in [1.54, 1.807) is 17.0 Å². The number of amides is 2. The van der Waals surface area contributed by atoms with Gasteiger partial charge in [-0.2, -0.15) is 0 Å². The third-order valence-electron chi connectivity index (χ3n) is 5.20. The molecule has 1 aromatic rings. The summed E-state index contributed by atoms with van der Waals surface area (Å²) in [5, 5.41) is 0.639. The molecule has 0 N–H and O–H groups in total. The third kappa shape index (κ3) is 3.57. The number of anilines is 1. The van der Waals surface area contributed by atoms with Gasteiger partial charge in [0.25, 0.3) is 0 Å². The number of likely N-dealkylation sites (tertiary alicyclic amines) is 1. The summed E-state index contributed by atoms with van der Waals surface area (Å²) in [6.45, 7) is 2.49. The summed E-state index contributed by atoms with van der Waals surface area (Å²) in [4.78, 5) is 31.0. The fraction of sp³-hybridized carbons (Fsp3) is 0.556. The van der Waals surface area contributed by atoms with Crippen molar-refractivity contribution >= 4 is 29.1 Å². The molecule has 0 saturated carbocycles. The summed E-state index contributed by atoms with van der Waals surface area (Å²) in [5.74, 6) is -0.153. The van der Waals surface area contributed by atoms with Crippen LogP contribution >= 0.6 is 11.6 Å². The summed E-state index contributed by atoms with van der Waals surface area (Å²) in [5.41, 5.74) is 0.807. The van der Waals surface area contributed by atoms with Crippen LogP contribution in [-0.4, -0.2) is 61.4 Å². The first-order chi connectivity index (χ1) is 11.5. The molecule has 0 aromatic heterocycles. The minimum Gasteiger partial charge on any atom is -0.342 e. The molecule has 2 fully saturated rings. The molecule has 1 aromatic carbocycles. The van der Waals surface area contributed by atoms with Crippen molar-refractivity contribution in [3.05, 3.63) is 29.3 Å². The van der Waals surface area contributed by atoms with Crippen LogP contribution in [0, 0.1) is 5.92 Å². The van der Waals surface area contributed by atoms with E-state index in [0.717, 1.165) is 31.6 Å². The van der Waals surface area contributed by atoms with E-state index in [1.807, 2.05) is 24.1 Å². The van der Waals surface area contributed by atoms with E-state index in [-0.39, 0.29) is 23.8 Å². The minimum absolute atomic E-state index is 0.00690. The van der Waals surface area contributed by atoms with E-state index in [0.29, 0.717) is 18.0 Å². The van der Waals surface area contributed by atoms with E-state index >= 15 is 0 Å². The van der Waals surface area contributed by atoms with Crippen molar-refractivity contribution < 1.29 is 9.59 Å². The maximum Gasteiger partial charge on any atom is 0.228 e. The van der Waals surface area contributed by atoms with Gasteiger partial charge >= 0.3 is 0 Å². The minimum atomic E-state index is -0.252. The second kappa shape index (κ2) is 7.11. The van der Waals surface area contributed by atoms with E-state index in [2.05, 4.69) is 11.9 Å². The van der Waals surface area contributed by atoms with Gasteiger partial charge in [-0.15, -0.1) is 0 Å². The Labute approximate surface area is 148 Å². The van der Waals surface area contributed by atoms with Crippen molar-refractivity contribution in [2.24, 2.45) is 5.92 Å². The molecule has 6 heteroatoms. The molecule has 0 spiro atoms. The molecule has 2 aliphatic rings. The number of hydrogen-bond acceptors (Lipinski definition) is 3. The number of hydrogen-bond donors (Lipinski definition) is 0. The average Bonchev–Trinajstić information content (AvgIpc) is 2.97. The molecule has 2 amide bonds. The van der Waals surface area contributed by atoms with Crippen LogP contribution in [0.5, 0.6) is 0 Å². The highest BCUT2D eigenvalue weighted by Gasteiger charge is 2.38. The molecule has 24 heavy (non-hydrogen) atoms. The van der Waals surface area contributed by atoms with Crippen molar-refractivity contribution in [3.63, 3.8) is 0 Å². The lowest BCUT2D eigenvalue weighted by Gasteiger charge is -2.36. The van der Waals surface area contributed by atoms with Crippen LogP contribution in [0.3, 0.4) is 0 Å². The van der Waals surface area contributed by atoms with Crippen molar-refractivity contribution in [1.82, 2.24) is 9.80 Å². The molecular weight excluding hydrogens is 326 g/mol. The highest BCUT2D eigenvalue weighted by Crippen LogP contribution is 2.28. The summed E-state index contributed by atoms with van der Waals surface area (Å²) in [6.07, 6.45) is 2.29. The van der Waals surface area contributed by atoms with E-state index in [1.165, 1.54) is 0 Å². The van der Waals surface area contributed by atoms with Gasteiger partial charge < -0.3 is 14.7 Å². The fourth-order valence-electron chi connectivity index (χ4n) is 3.59. The van der Waals surface area contributed by atoms with Crippen LogP contribution in [0.4, 0.5) is 5.69 Å². The predicted octanol–water partition coefficient (Wildman–Crippen LogP) is 2.25. The molecule has 130 valence electrons. The Morgan fingerprint density at radius 1 is 1.21 bits per heavy atom.